The summed E-state index contributed by atoms with van der Waals surface area (Å²) in [6.45, 7) is 5.07. The predicted octanol–water partition coefficient (Wildman–Crippen LogP) is 1.62. The molecule has 3 heterocycles. The predicted molar refractivity (Wildman–Crippen MR) is 107 cm³/mol. The fraction of sp³-hybridized carbons (Fsp3) is 0.500. The summed E-state index contributed by atoms with van der Waals surface area (Å²) >= 11 is 1.28. The van der Waals surface area contributed by atoms with Crippen molar-refractivity contribution >= 4 is 35.3 Å². The molecule has 0 spiro atoms. The third kappa shape index (κ3) is 5.69. The summed E-state index contributed by atoms with van der Waals surface area (Å²) in [7, 11) is 0. The van der Waals surface area contributed by atoms with Crippen molar-refractivity contribution in [2.75, 3.05) is 29.1 Å². The van der Waals surface area contributed by atoms with Crippen LogP contribution in [0.2, 0.25) is 0 Å². The molecule has 1 saturated heterocycles. The number of aryl methyl sites for hydroxylation is 1. The van der Waals surface area contributed by atoms with Gasteiger partial charge in [0.2, 0.25) is 17.8 Å². The Kier molecular flexibility index (Phi) is 6.85. The van der Waals surface area contributed by atoms with E-state index in [0.717, 1.165) is 19.4 Å². The van der Waals surface area contributed by atoms with E-state index in [-0.39, 0.29) is 28.9 Å². The number of nitrogens with one attached hydrogen (secondary N) is 2. The number of piperidine rings is 1. The Morgan fingerprint density at radius 1 is 1.39 bits per heavy atom. The Morgan fingerprint density at radius 3 is 2.89 bits per heavy atom. The first-order valence-corrected chi connectivity index (χ1v) is 10.2. The van der Waals surface area contributed by atoms with Gasteiger partial charge in [0.15, 0.2) is 5.82 Å². The molecule has 10 heteroatoms. The highest BCUT2D eigenvalue weighted by molar-refractivity contribution is 8.01. The van der Waals surface area contributed by atoms with Crippen LogP contribution in [-0.2, 0) is 9.59 Å². The van der Waals surface area contributed by atoms with Crippen molar-refractivity contribution in [3.63, 3.8) is 0 Å². The van der Waals surface area contributed by atoms with Crippen LogP contribution in [0.3, 0.4) is 0 Å². The summed E-state index contributed by atoms with van der Waals surface area (Å²) in [5, 5.41) is 9.07. The highest BCUT2D eigenvalue weighted by Gasteiger charge is 2.23. The first-order valence-electron chi connectivity index (χ1n) is 9.18. The van der Waals surface area contributed by atoms with Gasteiger partial charge in [0.1, 0.15) is 5.76 Å². The molecule has 2 aromatic heterocycles. The number of aromatic nitrogens is 3. The molecule has 0 aromatic carbocycles. The fourth-order valence-electron chi connectivity index (χ4n) is 2.93. The lowest BCUT2D eigenvalue weighted by molar-refractivity contribution is -0.119. The topological polar surface area (TPSA) is 113 Å². The lowest BCUT2D eigenvalue weighted by atomic mass is 10.1. The van der Waals surface area contributed by atoms with E-state index in [0.29, 0.717) is 24.1 Å². The number of anilines is 2. The third-order valence-corrected chi connectivity index (χ3v) is 5.48. The normalized spacial score (nSPS) is 17.8. The Bertz CT molecular complexity index is 800. The standard InChI is InChI=1S/C18H24N6O3S/c1-12-9-15(23-27-12)22-17(26)13(2)28-11-16(25)21-14-5-3-8-24(10-14)18-19-6-4-7-20-18/h4,6-7,9,13-14H,3,5,8,10-11H2,1-2H3,(H,21,25)(H,22,23,26). The average Bonchev–Trinajstić information content (AvgIpc) is 3.11. The third-order valence-electron chi connectivity index (χ3n) is 4.33. The van der Waals surface area contributed by atoms with E-state index in [4.69, 9.17) is 4.52 Å². The van der Waals surface area contributed by atoms with E-state index in [1.165, 1.54) is 11.8 Å². The highest BCUT2D eigenvalue weighted by Crippen LogP contribution is 2.17. The van der Waals surface area contributed by atoms with Gasteiger partial charge >= 0.3 is 0 Å². The molecule has 2 aromatic rings. The van der Waals surface area contributed by atoms with E-state index in [9.17, 15) is 9.59 Å². The Labute approximate surface area is 167 Å². The van der Waals surface area contributed by atoms with Crippen LogP contribution < -0.4 is 15.5 Å². The molecular formula is C18H24N6O3S. The smallest absolute Gasteiger partial charge is 0.238 e. The number of amides is 2. The zero-order valence-electron chi connectivity index (χ0n) is 15.9. The number of thioether (sulfide) groups is 1. The summed E-state index contributed by atoms with van der Waals surface area (Å²) in [4.78, 5) is 35.1. The zero-order chi connectivity index (χ0) is 19.9. The van der Waals surface area contributed by atoms with Gasteiger partial charge in [-0.1, -0.05) is 5.16 Å². The lowest BCUT2D eigenvalue weighted by Crippen LogP contribution is -2.48. The van der Waals surface area contributed by atoms with Crippen LogP contribution in [0.4, 0.5) is 11.8 Å². The van der Waals surface area contributed by atoms with Crippen LogP contribution in [0.25, 0.3) is 0 Å². The maximum atomic E-state index is 12.3. The SMILES string of the molecule is Cc1cc(NC(=O)C(C)SCC(=O)NC2CCCN(c3ncccn3)C2)no1. The molecule has 1 aliphatic rings. The van der Waals surface area contributed by atoms with Gasteiger partial charge in [-0.3, -0.25) is 9.59 Å². The molecule has 0 bridgehead atoms. The Hall–Kier alpha value is -2.62. The van der Waals surface area contributed by atoms with Crippen LogP contribution in [0, 0.1) is 6.92 Å². The quantitative estimate of drug-likeness (QED) is 0.716. The molecule has 0 aliphatic carbocycles. The minimum Gasteiger partial charge on any atom is -0.360 e. The molecule has 1 fully saturated rings. The van der Waals surface area contributed by atoms with E-state index < -0.39 is 0 Å². The molecule has 1 aliphatic heterocycles. The van der Waals surface area contributed by atoms with Crippen molar-refractivity contribution in [2.24, 2.45) is 0 Å². The molecule has 0 saturated carbocycles. The summed E-state index contributed by atoms with van der Waals surface area (Å²) in [6.07, 6.45) is 5.31. The molecule has 3 rings (SSSR count). The number of carbonyl (C=O) groups is 2. The van der Waals surface area contributed by atoms with Gasteiger partial charge in [-0.05, 0) is 32.8 Å². The zero-order valence-corrected chi connectivity index (χ0v) is 16.7. The lowest BCUT2D eigenvalue weighted by Gasteiger charge is -2.33. The van der Waals surface area contributed by atoms with Gasteiger partial charge in [0.05, 0.1) is 11.0 Å². The Balaban J connectivity index is 1.41. The monoisotopic (exact) mass is 404 g/mol. The van der Waals surface area contributed by atoms with Gasteiger partial charge in [0.25, 0.3) is 0 Å². The molecule has 2 atom stereocenters. The van der Waals surface area contributed by atoms with E-state index in [1.54, 1.807) is 38.4 Å². The number of hydrogen-bond donors (Lipinski definition) is 2. The largest absolute Gasteiger partial charge is 0.360 e. The summed E-state index contributed by atoms with van der Waals surface area (Å²) in [5.41, 5.74) is 0. The average molecular weight is 404 g/mol. The molecule has 2 N–H and O–H groups in total. The van der Waals surface area contributed by atoms with Gasteiger partial charge < -0.3 is 20.1 Å². The fourth-order valence-corrected chi connectivity index (χ4v) is 3.63. The number of nitrogens with zero attached hydrogens (tertiary/aromatic N) is 4. The molecule has 2 amide bonds. The molecule has 2 unspecified atom stereocenters. The minimum atomic E-state index is -0.386. The number of hydrogen-bond acceptors (Lipinski definition) is 8. The van der Waals surface area contributed by atoms with Crippen LogP contribution in [0.5, 0.6) is 0 Å². The second kappa shape index (κ2) is 9.54. The highest BCUT2D eigenvalue weighted by atomic mass is 32.2. The van der Waals surface area contributed by atoms with E-state index in [1.807, 2.05) is 0 Å². The summed E-state index contributed by atoms with van der Waals surface area (Å²) < 4.78 is 4.92. The first-order chi connectivity index (χ1) is 13.5. The molecule has 150 valence electrons. The van der Waals surface area contributed by atoms with Crippen molar-refractivity contribution in [2.45, 2.75) is 38.0 Å². The van der Waals surface area contributed by atoms with Crippen molar-refractivity contribution in [1.29, 1.82) is 0 Å². The second-order valence-electron chi connectivity index (χ2n) is 6.67. The van der Waals surface area contributed by atoms with Gasteiger partial charge in [-0.15, -0.1) is 11.8 Å². The maximum absolute atomic E-state index is 12.3. The maximum Gasteiger partial charge on any atom is 0.238 e. The molecule has 0 radical (unpaired) electrons. The summed E-state index contributed by atoms with van der Waals surface area (Å²) in [5.74, 6) is 1.61. The minimum absolute atomic E-state index is 0.0490. The Morgan fingerprint density at radius 2 is 2.18 bits per heavy atom. The first kappa shape index (κ1) is 20.1. The van der Waals surface area contributed by atoms with Crippen molar-refractivity contribution in [1.82, 2.24) is 20.4 Å². The van der Waals surface area contributed by atoms with E-state index >= 15 is 0 Å². The van der Waals surface area contributed by atoms with Crippen LogP contribution >= 0.6 is 11.8 Å². The van der Waals surface area contributed by atoms with Crippen molar-refractivity contribution < 1.29 is 14.1 Å². The summed E-state index contributed by atoms with van der Waals surface area (Å²) in [6, 6.07) is 3.48. The molecule has 28 heavy (non-hydrogen) atoms. The number of carbonyl (C=O) groups excluding carboxylic acids is 2. The van der Waals surface area contributed by atoms with Crippen molar-refractivity contribution in [3.05, 3.63) is 30.3 Å². The van der Waals surface area contributed by atoms with Crippen LogP contribution in [-0.4, -0.2) is 57.1 Å². The van der Waals surface area contributed by atoms with E-state index in [2.05, 4.69) is 30.7 Å². The van der Waals surface area contributed by atoms with Gasteiger partial charge in [-0.2, -0.15) is 0 Å². The van der Waals surface area contributed by atoms with Crippen LogP contribution in [0.1, 0.15) is 25.5 Å². The second-order valence-corrected chi connectivity index (χ2v) is 8.00. The molecule has 9 nitrogen and oxygen atoms in total. The number of rotatable bonds is 7. The van der Waals surface area contributed by atoms with Gasteiger partial charge in [-0.25, -0.2) is 9.97 Å². The molecular weight excluding hydrogens is 380 g/mol. The van der Waals surface area contributed by atoms with Gasteiger partial charge in [0, 0.05) is 37.6 Å². The van der Waals surface area contributed by atoms with Crippen LogP contribution in [0.15, 0.2) is 29.0 Å². The van der Waals surface area contributed by atoms with Crippen molar-refractivity contribution in [3.8, 4) is 0 Å².